The number of rotatable bonds is 7. The van der Waals surface area contributed by atoms with E-state index >= 15 is 0 Å². The van der Waals surface area contributed by atoms with Gasteiger partial charge >= 0.3 is 6.09 Å². The van der Waals surface area contributed by atoms with E-state index in [1.165, 1.54) is 6.07 Å². The molecular formula is C18H27F2IN4O2. The van der Waals surface area contributed by atoms with Gasteiger partial charge in [-0.25, -0.2) is 13.6 Å². The second-order valence-corrected chi connectivity index (χ2v) is 6.30. The van der Waals surface area contributed by atoms with E-state index in [0.717, 1.165) is 25.0 Å². The van der Waals surface area contributed by atoms with Crippen LogP contribution < -0.4 is 16.0 Å². The summed E-state index contributed by atoms with van der Waals surface area (Å²) in [6, 6.07) is 3.47. The highest BCUT2D eigenvalue weighted by atomic mass is 127. The van der Waals surface area contributed by atoms with Crippen molar-refractivity contribution in [3.05, 3.63) is 35.4 Å². The van der Waals surface area contributed by atoms with Crippen LogP contribution in [0, 0.1) is 17.6 Å². The number of nitrogens with one attached hydrogen (secondary N) is 3. The number of guanidine groups is 1. The van der Waals surface area contributed by atoms with Crippen LogP contribution in [0.5, 0.6) is 0 Å². The summed E-state index contributed by atoms with van der Waals surface area (Å²) in [5, 5.41) is 9.15. The summed E-state index contributed by atoms with van der Waals surface area (Å²) >= 11 is 0. The molecule has 0 aromatic heterocycles. The smallest absolute Gasteiger partial charge is 0.407 e. The molecular weight excluding hydrogens is 469 g/mol. The van der Waals surface area contributed by atoms with Crippen molar-refractivity contribution in [3.63, 3.8) is 0 Å². The van der Waals surface area contributed by atoms with Crippen LogP contribution in [-0.2, 0) is 4.74 Å². The first-order valence-electron chi connectivity index (χ1n) is 8.80. The molecule has 9 heteroatoms. The fourth-order valence-electron chi connectivity index (χ4n) is 2.63. The Morgan fingerprint density at radius 2 is 2.00 bits per heavy atom. The van der Waals surface area contributed by atoms with Gasteiger partial charge < -0.3 is 20.7 Å². The van der Waals surface area contributed by atoms with Crippen molar-refractivity contribution in [3.8, 4) is 0 Å². The summed E-state index contributed by atoms with van der Waals surface area (Å²) in [5.74, 6) is -0.820. The van der Waals surface area contributed by atoms with Crippen LogP contribution in [0.2, 0.25) is 0 Å². The molecule has 0 saturated heterocycles. The standard InChI is InChI=1S/C18H26F2N4O2.HI/c1-4-26-18(25)24-16(12-5-6-12)10-22-17(21-3)23-11(2)13-7-8-14(19)15(20)9-13;/h7-9,11-12,16H,4-6,10H2,1-3H3,(H,24,25)(H2,21,22,23);1H. The number of ether oxygens (including phenoxy) is 1. The number of benzene rings is 1. The maximum Gasteiger partial charge on any atom is 0.407 e. The number of hydrogen-bond acceptors (Lipinski definition) is 3. The number of hydrogen-bond donors (Lipinski definition) is 3. The maximum atomic E-state index is 13.4. The van der Waals surface area contributed by atoms with Gasteiger partial charge in [-0.1, -0.05) is 6.07 Å². The van der Waals surface area contributed by atoms with E-state index in [1.54, 1.807) is 14.0 Å². The lowest BCUT2D eigenvalue weighted by Gasteiger charge is -2.22. The van der Waals surface area contributed by atoms with Crippen LogP contribution in [0.15, 0.2) is 23.2 Å². The molecule has 2 rings (SSSR count). The Hall–Kier alpha value is -1.65. The third-order valence-electron chi connectivity index (χ3n) is 4.28. The van der Waals surface area contributed by atoms with Gasteiger partial charge in [-0.2, -0.15) is 0 Å². The van der Waals surface area contributed by atoms with E-state index in [-0.39, 0.29) is 36.1 Å². The summed E-state index contributed by atoms with van der Waals surface area (Å²) < 4.78 is 31.4. The minimum Gasteiger partial charge on any atom is -0.450 e. The Morgan fingerprint density at radius 3 is 2.56 bits per heavy atom. The van der Waals surface area contributed by atoms with Crippen LogP contribution >= 0.6 is 24.0 Å². The normalized spacial score (nSPS) is 16.0. The SMILES string of the molecule is CCOC(=O)NC(CNC(=NC)NC(C)c1ccc(F)c(F)c1)C1CC1.I. The van der Waals surface area contributed by atoms with Crippen molar-refractivity contribution in [1.29, 1.82) is 0 Å². The summed E-state index contributed by atoms with van der Waals surface area (Å²) in [4.78, 5) is 15.8. The summed E-state index contributed by atoms with van der Waals surface area (Å²) in [7, 11) is 1.62. The van der Waals surface area contributed by atoms with Gasteiger partial charge in [0.05, 0.1) is 18.7 Å². The van der Waals surface area contributed by atoms with Crippen molar-refractivity contribution >= 4 is 36.0 Å². The topological polar surface area (TPSA) is 74.8 Å². The quantitative estimate of drug-likeness (QED) is 0.308. The van der Waals surface area contributed by atoms with Gasteiger partial charge in [0.25, 0.3) is 0 Å². The Morgan fingerprint density at radius 1 is 1.30 bits per heavy atom. The Bertz CT molecular complexity index is 656. The zero-order valence-electron chi connectivity index (χ0n) is 15.7. The molecule has 1 aliphatic rings. The van der Waals surface area contributed by atoms with E-state index in [1.807, 2.05) is 6.92 Å². The molecule has 27 heavy (non-hydrogen) atoms. The monoisotopic (exact) mass is 496 g/mol. The third-order valence-corrected chi connectivity index (χ3v) is 4.28. The van der Waals surface area contributed by atoms with Crippen molar-refractivity contribution in [2.75, 3.05) is 20.2 Å². The molecule has 1 aromatic rings. The van der Waals surface area contributed by atoms with Gasteiger partial charge in [-0.05, 0) is 50.3 Å². The summed E-state index contributed by atoms with van der Waals surface area (Å²) in [6.07, 6.45) is 1.70. The van der Waals surface area contributed by atoms with Crippen LogP contribution in [0.1, 0.15) is 38.3 Å². The average Bonchev–Trinajstić information content (AvgIpc) is 3.44. The molecule has 2 unspecified atom stereocenters. The molecule has 152 valence electrons. The summed E-state index contributed by atoms with van der Waals surface area (Å²) in [5.41, 5.74) is 0.607. The minimum absolute atomic E-state index is 0. The fraction of sp³-hybridized carbons (Fsp3) is 0.556. The Balaban J connectivity index is 0.00000364. The highest BCUT2D eigenvalue weighted by molar-refractivity contribution is 14.0. The van der Waals surface area contributed by atoms with Crippen LogP contribution in [0.25, 0.3) is 0 Å². The number of alkyl carbamates (subject to hydrolysis) is 1. The molecule has 0 bridgehead atoms. The van der Waals surface area contributed by atoms with Gasteiger partial charge in [0.1, 0.15) is 0 Å². The second-order valence-electron chi connectivity index (χ2n) is 6.30. The first-order valence-corrected chi connectivity index (χ1v) is 8.80. The first kappa shape index (κ1) is 23.4. The lowest BCUT2D eigenvalue weighted by molar-refractivity contribution is 0.146. The molecule has 0 aliphatic heterocycles. The molecule has 2 atom stereocenters. The van der Waals surface area contributed by atoms with Crippen LogP contribution in [-0.4, -0.2) is 38.3 Å². The van der Waals surface area contributed by atoms with Crippen LogP contribution in [0.4, 0.5) is 13.6 Å². The van der Waals surface area contributed by atoms with Crippen molar-refractivity contribution in [1.82, 2.24) is 16.0 Å². The zero-order valence-corrected chi connectivity index (χ0v) is 18.1. The molecule has 1 aromatic carbocycles. The zero-order chi connectivity index (χ0) is 19.1. The van der Waals surface area contributed by atoms with E-state index in [9.17, 15) is 13.6 Å². The Labute approximate surface area is 175 Å². The highest BCUT2D eigenvalue weighted by Gasteiger charge is 2.32. The molecule has 0 heterocycles. The molecule has 0 spiro atoms. The van der Waals surface area contributed by atoms with Gasteiger partial charge in [0.15, 0.2) is 17.6 Å². The van der Waals surface area contributed by atoms with Crippen molar-refractivity contribution in [2.24, 2.45) is 10.9 Å². The van der Waals surface area contributed by atoms with Gasteiger partial charge in [0, 0.05) is 13.6 Å². The van der Waals surface area contributed by atoms with Crippen LogP contribution in [0.3, 0.4) is 0 Å². The lowest BCUT2D eigenvalue weighted by atomic mass is 10.1. The van der Waals surface area contributed by atoms with E-state index < -0.39 is 17.7 Å². The van der Waals surface area contributed by atoms with Crippen molar-refractivity contribution in [2.45, 2.75) is 38.8 Å². The Kier molecular flexibility index (Phi) is 9.75. The maximum absolute atomic E-state index is 13.4. The minimum atomic E-state index is -0.883. The molecule has 1 saturated carbocycles. The number of carbonyl (C=O) groups is 1. The molecule has 1 amide bonds. The largest absolute Gasteiger partial charge is 0.450 e. The van der Waals surface area contributed by atoms with E-state index in [2.05, 4.69) is 20.9 Å². The van der Waals surface area contributed by atoms with Crippen molar-refractivity contribution < 1.29 is 18.3 Å². The number of halogens is 3. The first-order chi connectivity index (χ1) is 12.4. The molecule has 3 N–H and O–H groups in total. The van der Waals surface area contributed by atoms with Gasteiger partial charge in [-0.15, -0.1) is 24.0 Å². The highest BCUT2D eigenvalue weighted by Crippen LogP contribution is 2.32. The predicted molar refractivity (Wildman–Crippen MR) is 111 cm³/mol. The number of amides is 1. The van der Waals surface area contributed by atoms with E-state index in [4.69, 9.17) is 4.74 Å². The van der Waals surface area contributed by atoms with E-state index in [0.29, 0.717) is 30.6 Å². The predicted octanol–water partition coefficient (Wildman–Crippen LogP) is 3.33. The second kappa shape index (κ2) is 11.3. The van der Waals surface area contributed by atoms with Gasteiger partial charge in [-0.3, -0.25) is 4.99 Å². The molecule has 1 fully saturated rings. The molecule has 6 nitrogen and oxygen atoms in total. The molecule has 0 radical (unpaired) electrons. The van der Waals surface area contributed by atoms with Gasteiger partial charge in [0.2, 0.25) is 0 Å². The fourth-order valence-corrected chi connectivity index (χ4v) is 2.63. The lowest BCUT2D eigenvalue weighted by Crippen LogP contribution is -2.48. The average molecular weight is 496 g/mol. The number of nitrogens with zero attached hydrogens (tertiary/aromatic N) is 1. The third kappa shape index (κ3) is 7.47. The molecule has 1 aliphatic carbocycles. The summed E-state index contributed by atoms with van der Waals surface area (Å²) in [6.45, 7) is 4.41. The number of carbonyl (C=O) groups excluding carboxylic acids is 1. The number of aliphatic imine (C=N–C) groups is 1.